The van der Waals surface area contributed by atoms with E-state index in [1.165, 1.54) is 12.1 Å². The van der Waals surface area contributed by atoms with Gasteiger partial charge in [0.25, 0.3) is 5.91 Å². The summed E-state index contributed by atoms with van der Waals surface area (Å²) in [5, 5.41) is 3.94. The summed E-state index contributed by atoms with van der Waals surface area (Å²) in [5.74, 6) is 0.702. The third-order valence-electron chi connectivity index (χ3n) is 5.76. The molecule has 1 amide bonds. The molecule has 0 N–H and O–H groups in total. The Morgan fingerprint density at radius 1 is 1.12 bits per heavy atom. The third kappa shape index (κ3) is 2.92. The molecule has 4 rings (SSSR count). The third-order valence-corrected chi connectivity index (χ3v) is 5.76. The zero-order chi connectivity index (χ0) is 17.4. The molecule has 2 aromatic rings. The van der Waals surface area contributed by atoms with E-state index in [-0.39, 0.29) is 11.3 Å². The van der Waals surface area contributed by atoms with E-state index in [9.17, 15) is 4.79 Å². The maximum Gasteiger partial charge on any atom is 0.259 e. The first-order chi connectivity index (χ1) is 12.1. The van der Waals surface area contributed by atoms with Crippen LogP contribution in [0.4, 0.5) is 5.69 Å². The Morgan fingerprint density at radius 2 is 1.92 bits per heavy atom. The first-order valence-corrected chi connectivity index (χ1v) is 9.10. The van der Waals surface area contributed by atoms with Crippen molar-refractivity contribution in [1.29, 1.82) is 0 Å². The summed E-state index contributed by atoms with van der Waals surface area (Å²) < 4.78 is 5.19. The first-order valence-electron chi connectivity index (χ1n) is 9.10. The minimum Gasteiger partial charge on any atom is -0.371 e. The van der Waals surface area contributed by atoms with Crippen LogP contribution >= 0.6 is 0 Å². The number of likely N-dealkylation sites (tertiary alicyclic amines) is 1. The molecule has 1 spiro atoms. The van der Waals surface area contributed by atoms with Crippen molar-refractivity contribution in [3.05, 3.63) is 47.3 Å². The number of anilines is 1. The Hall–Kier alpha value is -2.30. The molecule has 0 bridgehead atoms. The molecule has 25 heavy (non-hydrogen) atoms. The number of amides is 1. The monoisotopic (exact) mass is 339 g/mol. The maximum atomic E-state index is 13.0. The molecule has 1 aromatic carbocycles. The lowest BCUT2D eigenvalue weighted by Crippen LogP contribution is -2.47. The molecule has 3 heterocycles. The van der Waals surface area contributed by atoms with Crippen molar-refractivity contribution < 1.29 is 9.32 Å². The standard InChI is InChI=1S/C20H25N3O2/c1-15-18(16(2)25-21-15)19(24)23-11-6-9-20(14-23)10-12-22(13-20)17-7-4-3-5-8-17/h3-5,7-8H,6,9-14H2,1-2H3/t20-/m0/s1. The van der Waals surface area contributed by atoms with Crippen LogP contribution in [-0.2, 0) is 0 Å². The van der Waals surface area contributed by atoms with Crippen molar-refractivity contribution in [2.75, 3.05) is 31.1 Å². The second-order valence-corrected chi connectivity index (χ2v) is 7.54. The summed E-state index contributed by atoms with van der Waals surface area (Å²) in [5.41, 5.74) is 2.84. The van der Waals surface area contributed by atoms with Gasteiger partial charge in [0.15, 0.2) is 0 Å². The fourth-order valence-corrected chi connectivity index (χ4v) is 4.46. The van der Waals surface area contributed by atoms with Crippen LogP contribution in [-0.4, -0.2) is 42.1 Å². The van der Waals surface area contributed by atoms with E-state index in [0.29, 0.717) is 17.0 Å². The van der Waals surface area contributed by atoms with Crippen molar-refractivity contribution in [2.45, 2.75) is 33.1 Å². The van der Waals surface area contributed by atoms with Gasteiger partial charge in [-0.25, -0.2) is 0 Å². The molecule has 5 nitrogen and oxygen atoms in total. The van der Waals surface area contributed by atoms with Crippen molar-refractivity contribution in [3.63, 3.8) is 0 Å². The summed E-state index contributed by atoms with van der Waals surface area (Å²) in [6.07, 6.45) is 3.41. The number of carbonyl (C=O) groups is 1. The van der Waals surface area contributed by atoms with E-state index < -0.39 is 0 Å². The Bertz CT molecular complexity index is 751. The first kappa shape index (κ1) is 16.2. The van der Waals surface area contributed by atoms with E-state index in [0.717, 1.165) is 39.0 Å². The van der Waals surface area contributed by atoms with Gasteiger partial charge in [-0.3, -0.25) is 4.79 Å². The molecule has 132 valence electrons. The maximum absolute atomic E-state index is 13.0. The van der Waals surface area contributed by atoms with Gasteiger partial charge in [-0.05, 0) is 45.2 Å². The van der Waals surface area contributed by atoms with Crippen LogP contribution in [0.25, 0.3) is 0 Å². The number of para-hydroxylation sites is 1. The quantitative estimate of drug-likeness (QED) is 0.841. The van der Waals surface area contributed by atoms with E-state index >= 15 is 0 Å². The second kappa shape index (κ2) is 6.21. The Labute approximate surface area is 148 Å². The fraction of sp³-hybridized carbons (Fsp3) is 0.500. The molecule has 2 saturated heterocycles. The van der Waals surface area contributed by atoms with Gasteiger partial charge in [-0.15, -0.1) is 0 Å². The van der Waals surface area contributed by atoms with Gasteiger partial charge in [0.05, 0.1) is 5.69 Å². The minimum absolute atomic E-state index is 0.0773. The van der Waals surface area contributed by atoms with Crippen LogP contribution in [0.1, 0.15) is 41.1 Å². The predicted octanol–water partition coefficient (Wildman–Crippen LogP) is 3.42. The minimum atomic E-state index is 0.0773. The number of carbonyl (C=O) groups excluding carboxylic acids is 1. The molecule has 0 saturated carbocycles. The second-order valence-electron chi connectivity index (χ2n) is 7.54. The molecular weight excluding hydrogens is 314 g/mol. The molecule has 0 radical (unpaired) electrons. The Morgan fingerprint density at radius 3 is 2.64 bits per heavy atom. The molecule has 0 unspecified atom stereocenters. The molecule has 1 atom stereocenters. The fourth-order valence-electron chi connectivity index (χ4n) is 4.46. The van der Waals surface area contributed by atoms with E-state index in [4.69, 9.17) is 4.52 Å². The SMILES string of the molecule is Cc1noc(C)c1C(=O)N1CCC[C@@]2(CCN(c3ccccc3)C2)C1. The normalized spacial score (nSPS) is 23.4. The number of benzene rings is 1. The van der Waals surface area contributed by atoms with E-state index in [2.05, 4.69) is 40.4 Å². The smallest absolute Gasteiger partial charge is 0.259 e. The number of aromatic nitrogens is 1. The van der Waals surface area contributed by atoms with Crippen molar-refractivity contribution in [1.82, 2.24) is 10.1 Å². The number of nitrogens with zero attached hydrogens (tertiary/aromatic N) is 3. The van der Waals surface area contributed by atoms with Crippen molar-refractivity contribution in [3.8, 4) is 0 Å². The predicted molar refractivity (Wildman–Crippen MR) is 96.8 cm³/mol. The van der Waals surface area contributed by atoms with Gasteiger partial charge >= 0.3 is 0 Å². The van der Waals surface area contributed by atoms with E-state index in [1.54, 1.807) is 0 Å². The van der Waals surface area contributed by atoms with Crippen LogP contribution in [0.2, 0.25) is 0 Å². The zero-order valence-electron chi connectivity index (χ0n) is 15.0. The highest BCUT2D eigenvalue weighted by Crippen LogP contribution is 2.41. The Balaban J connectivity index is 1.51. The van der Waals surface area contributed by atoms with Gasteiger partial charge in [0.2, 0.25) is 0 Å². The van der Waals surface area contributed by atoms with Gasteiger partial charge in [-0.1, -0.05) is 23.4 Å². The summed E-state index contributed by atoms with van der Waals surface area (Å²) in [7, 11) is 0. The lowest BCUT2D eigenvalue weighted by Gasteiger charge is -2.40. The average molecular weight is 339 g/mol. The van der Waals surface area contributed by atoms with Crippen LogP contribution < -0.4 is 4.90 Å². The number of aryl methyl sites for hydroxylation is 2. The zero-order valence-corrected chi connectivity index (χ0v) is 15.0. The summed E-state index contributed by atoms with van der Waals surface area (Å²) in [4.78, 5) is 17.5. The highest BCUT2D eigenvalue weighted by atomic mass is 16.5. The molecule has 2 aliphatic heterocycles. The van der Waals surface area contributed by atoms with Crippen LogP contribution in [0, 0.1) is 19.3 Å². The van der Waals surface area contributed by atoms with Gasteiger partial charge in [0, 0.05) is 37.3 Å². The number of rotatable bonds is 2. The van der Waals surface area contributed by atoms with Gasteiger partial charge < -0.3 is 14.3 Å². The number of piperidine rings is 1. The highest BCUT2D eigenvalue weighted by molar-refractivity contribution is 5.96. The van der Waals surface area contributed by atoms with Crippen molar-refractivity contribution in [2.24, 2.45) is 5.41 Å². The van der Waals surface area contributed by atoms with E-state index in [1.807, 2.05) is 18.7 Å². The lowest BCUT2D eigenvalue weighted by atomic mass is 9.79. The summed E-state index contributed by atoms with van der Waals surface area (Å²) in [6, 6.07) is 10.6. The summed E-state index contributed by atoms with van der Waals surface area (Å²) >= 11 is 0. The van der Waals surface area contributed by atoms with Gasteiger partial charge in [0.1, 0.15) is 11.3 Å². The molecule has 2 aliphatic rings. The Kier molecular flexibility index (Phi) is 4.02. The number of hydrogen-bond donors (Lipinski definition) is 0. The number of hydrogen-bond acceptors (Lipinski definition) is 4. The molecule has 1 aromatic heterocycles. The van der Waals surface area contributed by atoms with Crippen molar-refractivity contribution >= 4 is 11.6 Å². The van der Waals surface area contributed by atoms with Gasteiger partial charge in [-0.2, -0.15) is 0 Å². The van der Waals surface area contributed by atoms with Crippen LogP contribution in [0.5, 0.6) is 0 Å². The lowest BCUT2D eigenvalue weighted by molar-refractivity contribution is 0.0554. The summed E-state index contributed by atoms with van der Waals surface area (Å²) in [6.45, 7) is 7.42. The molecule has 5 heteroatoms. The molecular formula is C20H25N3O2. The highest BCUT2D eigenvalue weighted by Gasteiger charge is 2.43. The van der Waals surface area contributed by atoms with Crippen LogP contribution in [0.3, 0.4) is 0 Å². The molecule has 2 fully saturated rings. The molecule has 0 aliphatic carbocycles. The van der Waals surface area contributed by atoms with Crippen LogP contribution in [0.15, 0.2) is 34.9 Å². The largest absolute Gasteiger partial charge is 0.371 e. The average Bonchev–Trinajstić information content (AvgIpc) is 3.19. The topological polar surface area (TPSA) is 49.6 Å².